The molecule has 2 aliphatic rings. The van der Waals surface area contributed by atoms with Gasteiger partial charge in [0.05, 0.1) is 18.1 Å². The van der Waals surface area contributed by atoms with Gasteiger partial charge in [0.2, 0.25) is 5.91 Å². The highest BCUT2D eigenvalue weighted by Crippen LogP contribution is 2.26. The van der Waals surface area contributed by atoms with Crippen LogP contribution in [-0.2, 0) is 19.1 Å². The fourth-order valence-electron chi connectivity index (χ4n) is 3.03. The van der Waals surface area contributed by atoms with Crippen LogP contribution in [0, 0.1) is 5.92 Å². The number of carbonyl (C=O) groups excluding carboxylic acids is 2. The van der Waals surface area contributed by atoms with Crippen molar-refractivity contribution in [2.75, 3.05) is 19.8 Å². The normalized spacial score (nSPS) is 27.4. The van der Waals surface area contributed by atoms with Crippen molar-refractivity contribution in [3.8, 4) is 0 Å². The minimum atomic E-state index is -0.795. The molecule has 7 heteroatoms. The van der Waals surface area contributed by atoms with Gasteiger partial charge in [-0.05, 0) is 45.4 Å². The molecule has 128 valence electrons. The van der Waals surface area contributed by atoms with E-state index in [1.807, 2.05) is 6.92 Å². The second kappa shape index (κ2) is 8.70. The van der Waals surface area contributed by atoms with Crippen molar-refractivity contribution in [2.24, 2.45) is 11.7 Å². The Bertz CT molecular complexity index is 378. The van der Waals surface area contributed by atoms with Gasteiger partial charge in [0.15, 0.2) is 0 Å². The van der Waals surface area contributed by atoms with Gasteiger partial charge in [0.1, 0.15) is 0 Å². The van der Waals surface area contributed by atoms with E-state index < -0.39 is 5.54 Å². The molecule has 2 rings (SSSR count). The van der Waals surface area contributed by atoms with Crippen molar-refractivity contribution in [1.29, 1.82) is 0 Å². The summed E-state index contributed by atoms with van der Waals surface area (Å²) in [5.41, 5.74) is 5.37. The highest BCUT2D eigenvalue weighted by molar-refractivity contribution is 5.86. The molecule has 0 unspecified atom stereocenters. The topological polar surface area (TPSA) is 90.7 Å². The summed E-state index contributed by atoms with van der Waals surface area (Å²) in [7, 11) is 0. The van der Waals surface area contributed by atoms with Crippen LogP contribution < -0.4 is 11.1 Å². The number of nitrogens with two attached hydrogens (primary N) is 1. The van der Waals surface area contributed by atoms with Crippen LogP contribution in [0.2, 0.25) is 0 Å². The van der Waals surface area contributed by atoms with Crippen molar-refractivity contribution in [3.63, 3.8) is 0 Å². The maximum absolute atomic E-state index is 12.3. The molecule has 1 aliphatic heterocycles. The predicted octanol–water partition coefficient (Wildman–Crippen LogP) is 1.15. The van der Waals surface area contributed by atoms with Crippen LogP contribution in [0.1, 0.15) is 45.4 Å². The zero-order valence-electron chi connectivity index (χ0n) is 13.1. The minimum absolute atomic E-state index is 0. The number of halogens is 1. The van der Waals surface area contributed by atoms with Crippen LogP contribution in [0.15, 0.2) is 0 Å². The minimum Gasteiger partial charge on any atom is -0.466 e. The first kappa shape index (κ1) is 19.2. The van der Waals surface area contributed by atoms with Crippen molar-refractivity contribution >= 4 is 24.3 Å². The molecule has 3 N–H and O–H groups in total. The molecule has 1 aliphatic carbocycles. The predicted molar refractivity (Wildman–Crippen MR) is 84.7 cm³/mol. The lowest BCUT2D eigenvalue weighted by Crippen LogP contribution is -2.59. The third kappa shape index (κ3) is 4.83. The van der Waals surface area contributed by atoms with E-state index >= 15 is 0 Å². The molecule has 0 aromatic carbocycles. The quantitative estimate of drug-likeness (QED) is 0.753. The molecule has 0 aromatic rings. The van der Waals surface area contributed by atoms with Crippen LogP contribution in [-0.4, -0.2) is 43.3 Å². The van der Waals surface area contributed by atoms with Crippen molar-refractivity contribution in [3.05, 3.63) is 0 Å². The lowest BCUT2D eigenvalue weighted by Gasteiger charge is -2.35. The molecule has 2 fully saturated rings. The Morgan fingerprint density at radius 2 is 1.82 bits per heavy atom. The second-order valence-electron chi connectivity index (χ2n) is 6.04. The lowest BCUT2D eigenvalue weighted by molar-refractivity contribution is -0.149. The van der Waals surface area contributed by atoms with Gasteiger partial charge in [-0.1, -0.05) is 0 Å². The molecule has 6 nitrogen and oxygen atoms in total. The maximum Gasteiger partial charge on any atom is 0.308 e. The monoisotopic (exact) mass is 334 g/mol. The van der Waals surface area contributed by atoms with Crippen LogP contribution >= 0.6 is 12.4 Å². The lowest BCUT2D eigenvalue weighted by atomic mass is 9.84. The summed E-state index contributed by atoms with van der Waals surface area (Å²) in [6.07, 6.45) is 4.28. The highest BCUT2D eigenvalue weighted by atomic mass is 35.5. The molecule has 0 radical (unpaired) electrons. The summed E-state index contributed by atoms with van der Waals surface area (Å²) in [5, 5.41) is 3.05. The fourth-order valence-corrected chi connectivity index (χ4v) is 3.03. The molecule has 0 spiro atoms. The highest BCUT2D eigenvalue weighted by Gasteiger charge is 2.37. The average molecular weight is 335 g/mol. The van der Waals surface area contributed by atoms with E-state index in [1.165, 1.54) is 0 Å². The summed E-state index contributed by atoms with van der Waals surface area (Å²) >= 11 is 0. The number of nitrogens with one attached hydrogen (secondary N) is 1. The van der Waals surface area contributed by atoms with Gasteiger partial charge in [-0.2, -0.15) is 0 Å². The van der Waals surface area contributed by atoms with Crippen molar-refractivity contribution in [2.45, 2.75) is 57.0 Å². The van der Waals surface area contributed by atoms with E-state index in [4.69, 9.17) is 15.2 Å². The SMILES string of the molecule is CCOC(=O)C1CCC(NC(=O)C2(N)CCOCC2)CC1.Cl. The molecule has 0 aromatic heterocycles. The third-order valence-corrected chi connectivity index (χ3v) is 4.52. The Balaban J connectivity index is 0.00000242. The van der Waals surface area contributed by atoms with E-state index in [-0.39, 0.29) is 36.2 Å². The molecular weight excluding hydrogens is 308 g/mol. The third-order valence-electron chi connectivity index (χ3n) is 4.52. The van der Waals surface area contributed by atoms with E-state index in [2.05, 4.69) is 5.32 Å². The van der Waals surface area contributed by atoms with Gasteiger partial charge in [0, 0.05) is 19.3 Å². The summed E-state index contributed by atoms with van der Waals surface area (Å²) < 4.78 is 10.3. The van der Waals surface area contributed by atoms with E-state index in [1.54, 1.807) is 0 Å². The maximum atomic E-state index is 12.3. The molecule has 0 bridgehead atoms. The first-order chi connectivity index (χ1) is 10.0. The first-order valence-electron chi connectivity index (χ1n) is 7.89. The standard InChI is InChI=1S/C15H26N2O4.ClH/c1-2-21-13(18)11-3-5-12(6-4-11)17-14(19)15(16)7-9-20-10-8-15;/h11-12H,2-10,16H2,1H3,(H,17,19);1H. The average Bonchev–Trinajstić information content (AvgIpc) is 2.49. The smallest absolute Gasteiger partial charge is 0.308 e. The summed E-state index contributed by atoms with van der Waals surface area (Å²) in [4.78, 5) is 24.0. The zero-order valence-corrected chi connectivity index (χ0v) is 14.0. The van der Waals surface area contributed by atoms with Crippen LogP contribution in [0.5, 0.6) is 0 Å². The molecular formula is C15H27ClN2O4. The Morgan fingerprint density at radius 1 is 1.23 bits per heavy atom. The van der Waals surface area contributed by atoms with Gasteiger partial charge in [-0.25, -0.2) is 0 Å². The van der Waals surface area contributed by atoms with Gasteiger partial charge >= 0.3 is 5.97 Å². The largest absolute Gasteiger partial charge is 0.466 e. The fraction of sp³-hybridized carbons (Fsp3) is 0.867. The molecule has 1 saturated heterocycles. The summed E-state index contributed by atoms with van der Waals surface area (Å²) in [6, 6.07) is 0.117. The Morgan fingerprint density at radius 3 is 2.36 bits per heavy atom. The Hall–Kier alpha value is -0.850. The molecule has 1 amide bonds. The van der Waals surface area contributed by atoms with E-state index in [0.717, 1.165) is 25.7 Å². The number of rotatable bonds is 4. The van der Waals surface area contributed by atoms with Gasteiger partial charge in [0.25, 0.3) is 0 Å². The molecule has 0 atom stereocenters. The van der Waals surface area contributed by atoms with Crippen molar-refractivity contribution < 1.29 is 19.1 Å². The molecule has 1 saturated carbocycles. The number of hydrogen-bond donors (Lipinski definition) is 2. The number of carbonyl (C=O) groups is 2. The zero-order chi connectivity index (χ0) is 15.3. The molecule has 1 heterocycles. The Kier molecular flexibility index (Phi) is 7.59. The number of amides is 1. The van der Waals surface area contributed by atoms with Gasteiger partial charge in [-0.15, -0.1) is 12.4 Å². The number of ether oxygens (including phenoxy) is 2. The van der Waals surface area contributed by atoms with Gasteiger partial charge in [-0.3, -0.25) is 9.59 Å². The summed E-state index contributed by atoms with van der Waals surface area (Å²) in [5.74, 6) is -0.208. The first-order valence-corrected chi connectivity index (χ1v) is 7.89. The molecule has 22 heavy (non-hydrogen) atoms. The number of hydrogen-bond acceptors (Lipinski definition) is 5. The van der Waals surface area contributed by atoms with Crippen LogP contribution in [0.25, 0.3) is 0 Å². The summed E-state index contributed by atoms with van der Waals surface area (Å²) in [6.45, 7) is 3.32. The number of esters is 1. The Labute approximate surface area is 137 Å². The van der Waals surface area contributed by atoms with Crippen LogP contribution in [0.4, 0.5) is 0 Å². The van der Waals surface area contributed by atoms with Crippen LogP contribution in [0.3, 0.4) is 0 Å². The second-order valence-corrected chi connectivity index (χ2v) is 6.04. The van der Waals surface area contributed by atoms with E-state index in [9.17, 15) is 9.59 Å². The van der Waals surface area contributed by atoms with Crippen molar-refractivity contribution in [1.82, 2.24) is 5.32 Å². The van der Waals surface area contributed by atoms with Gasteiger partial charge < -0.3 is 20.5 Å². The van der Waals surface area contributed by atoms with E-state index in [0.29, 0.717) is 32.7 Å².